The molecule has 7 nitrogen and oxygen atoms in total. The van der Waals surface area contributed by atoms with E-state index in [-0.39, 0.29) is 24.5 Å². The molecule has 2 aromatic carbocycles. The molecule has 3 rings (SSSR count). The van der Waals surface area contributed by atoms with Gasteiger partial charge < -0.3 is 10.1 Å². The molecule has 0 aromatic heterocycles. The molecule has 1 heterocycles. The molecule has 2 aromatic rings. The standard InChI is InChI=1S/C19H17N3O4/c23-17(20-14-7-3-1-4-8-14)13-26-19(25)16-11-12-18(24)22(21-16)15-9-5-2-6-10-15/h1-10H,11-13H2,(H,20,23). The topological polar surface area (TPSA) is 88.1 Å². The monoisotopic (exact) mass is 351 g/mol. The Labute approximate surface area is 150 Å². The highest BCUT2D eigenvalue weighted by atomic mass is 16.5. The second-order valence-corrected chi connectivity index (χ2v) is 5.58. The number of carbonyl (C=O) groups excluding carboxylic acids is 3. The van der Waals surface area contributed by atoms with Gasteiger partial charge >= 0.3 is 5.97 Å². The highest BCUT2D eigenvalue weighted by Gasteiger charge is 2.26. The number of hydrogen-bond acceptors (Lipinski definition) is 5. The van der Waals surface area contributed by atoms with Crippen LogP contribution in [0.4, 0.5) is 11.4 Å². The van der Waals surface area contributed by atoms with Gasteiger partial charge in [0, 0.05) is 18.5 Å². The Kier molecular flexibility index (Phi) is 5.38. The van der Waals surface area contributed by atoms with Gasteiger partial charge in [0.15, 0.2) is 6.61 Å². The van der Waals surface area contributed by atoms with Crippen molar-refractivity contribution in [3.63, 3.8) is 0 Å². The first-order chi connectivity index (χ1) is 12.6. The molecule has 132 valence electrons. The van der Waals surface area contributed by atoms with E-state index in [2.05, 4.69) is 10.4 Å². The lowest BCUT2D eigenvalue weighted by Gasteiger charge is -2.22. The lowest BCUT2D eigenvalue weighted by Crippen LogP contribution is -2.35. The zero-order valence-corrected chi connectivity index (χ0v) is 13.9. The molecule has 0 fully saturated rings. The minimum atomic E-state index is -0.707. The molecule has 1 N–H and O–H groups in total. The minimum Gasteiger partial charge on any atom is -0.451 e. The van der Waals surface area contributed by atoms with Crippen LogP contribution in [0.25, 0.3) is 0 Å². The van der Waals surface area contributed by atoms with Crippen LogP contribution in [-0.2, 0) is 19.1 Å². The van der Waals surface area contributed by atoms with E-state index in [1.807, 2.05) is 12.1 Å². The number of hydrogen-bond donors (Lipinski definition) is 1. The molecule has 0 spiro atoms. The van der Waals surface area contributed by atoms with Gasteiger partial charge in [-0.15, -0.1) is 0 Å². The van der Waals surface area contributed by atoms with Gasteiger partial charge in [-0.25, -0.2) is 9.80 Å². The number of carbonyl (C=O) groups is 3. The lowest BCUT2D eigenvalue weighted by molar-refractivity contribution is -0.140. The Morgan fingerprint density at radius 2 is 1.65 bits per heavy atom. The van der Waals surface area contributed by atoms with Crippen LogP contribution in [0.2, 0.25) is 0 Å². The number of amides is 2. The number of benzene rings is 2. The molecule has 1 aliphatic rings. The molecule has 2 amide bonds. The van der Waals surface area contributed by atoms with Crippen molar-refractivity contribution in [1.82, 2.24) is 0 Å². The molecule has 26 heavy (non-hydrogen) atoms. The summed E-state index contributed by atoms with van der Waals surface area (Å²) in [6.45, 7) is -0.425. The van der Waals surface area contributed by atoms with E-state index < -0.39 is 18.5 Å². The maximum Gasteiger partial charge on any atom is 0.355 e. The third kappa shape index (κ3) is 4.32. The van der Waals surface area contributed by atoms with Crippen LogP contribution in [0, 0.1) is 0 Å². The summed E-state index contributed by atoms with van der Waals surface area (Å²) in [5.74, 6) is -1.35. The number of nitrogens with zero attached hydrogens (tertiary/aromatic N) is 2. The molecule has 0 saturated carbocycles. The van der Waals surface area contributed by atoms with Crippen molar-refractivity contribution in [2.75, 3.05) is 16.9 Å². The van der Waals surface area contributed by atoms with Crippen molar-refractivity contribution in [2.45, 2.75) is 12.8 Å². The van der Waals surface area contributed by atoms with Crippen molar-refractivity contribution in [2.24, 2.45) is 5.10 Å². The maximum absolute atomic E-state index is 12.2. The van der Waals surface area contributed by atoms with E-state index in [0.717, 1.165) is 0 Å². The maximum atomic E-state index is 12.2. The molecule has 0 bridgehead atoms. The van der Waals surface area contributed by atoms with Gasteiger partial charge in [-0.2, -0.15) is 5.10 Å². The number of rotatable bonds is 5. The van der Waals surface area contributed by atoms with Crippen molar-refractivity contribution in [1.29, 1.82) is 0 Å². The van der Waals surface area contributed by atoms with Gasteiger partial charge in [0.2, 0.25) is 5.91 Å². The summed E-state index contributed by atoms with van der Waals surface area (Å²) in [4.78, 5) is 36.0. The van der Waals surface area contributed by atoms with Gasteiger partial charge in [-0.3, -0.25) is 9.59 Å². The number of hydrazone groups is 1. The van der Waals surface area contributed by atoms with E-state index in [9.17, 15) is 14.4 Å². The molecule has 7 heteroatoms. The first kappa shape index (κ1) is 17.3. The van der Waals surface area contributed by atoms with E-state index >= 15 is 0 Å². The first-order valence-electron chi connectivity index (χ1n) is 8.11. The molecule has 0 radical (unpaired) electrons. The second-order valence-electron chi connectivity index (χ2n) is 5.58. The van der Waals surface area contributed by atoms with Crippen LogP contribution >= 0.6 is 0 Å². The predicted octanol–water partition coefficient (Wildman–Crippen LogP) is 2.35. The third-order valence-electron chi connectivity index (χ3n) is 3.66. The Bertz CT molecular complexity index is 834. The van der Waals surface area contributed by atoms with Crippen LogP contribution in [-0.4, -0.2) is 30.1 Å². The molecule has 0 atom stereocenters. The van der Waals surface area contributed by atoms with Crippen molar-refractivity contribution in [3.8, 4) is 0 Å². The van der Waals surface area contributed by atoms with Crippen LogP contribution in [0.15, 0.2) is 65.8 Å². The lowest BCUT2D eigenvalue weighted by atomic mass is 10.1. The summed E-state index contributed by atoms with van der Waals surface area (Å²) >= 11 is 0. The Morgan fingerprint density at radius 1 is 1.00 bits per heavy atom. The number of esters is 1. The SMILES string of the molecule is O=C(COC(=O)C1=NN(c2ccccc2)C(=O)CC1)Nc1ccccc1. The predicted molar refractivity (Wildman–Crippen MR) is 96.6 cm³/mol. The zero-order chi connectivity index (χ0) is 18.4. The van der Waals surface area contributed by atoms with Crippen molar-refractivity contribution >= 4 is 34.9 Å². The summed E-state index contributed by atoms with van der Waals surface area (Å²) in [7, 11) is 0. The summed E-state index contributed by atoms with van der Waals surface area (Å²) in [6, 6.07) is 17.7. The number of anilines is 2. The smallest absolute Gasteiger partial charge is 0.355 e. The second kappa shape index (κ2) is 8.06. The Balaban J connectivity index is 1.60. The molecule has 1 aliphatic heterocycles. The molecule has 0 aliphatic carbocycles. The van der Waals surface area contributed by atoms with Crippen LogP contribution < -0.4 is 10.3 Å². The van der Waals surface area contributed by atoms with Crippen LogP contribution in [0.3, 0.4) is 0 Å². The summed E-state index contributed by atoms with van der Waals surface area (Å²) in [6.07, 6.45) is 0.334. The Morgan fingerprint density at radius 3 is 2.35 bits per heavy atom. The van der Waals surface area contributed by atoms with Gasteiger partial charge in [0.25, 0.3) is 5.91 Å². The average molecular weight is 351 g/mol. The third-order valence-corrected chi connectivity index (χ3v) is 3.66. The van der Waals surface area contributed by atoms with E-state index in [4.69, 9.17) is 4.74 Å². The van der Waals surface area contributed by atoms with E-state index in [1.165, 1.54) is 5.01 Å². The minimum absolute atomic E-state index is 0.112. The quantitative estimate of drug-likeness (QED) is 0.838. The van der Waals surface area contributed by atoms with Crippen molar-refractivity contribution in [3.05, 3.63) is 60.7 Å². The van der Waals surface area contributed by atoms with Gasteiger partial charge in [0.1, 0.15) is 5.71 Å². The Hall–Kier alpha value is -3.48. The van der Waals surface area contributed by atoms with Crippen LogP contribution in [0.1, 0.15) is 12.8 Å². The highest BCUT2D eigenvalue weighted by molar-refractivity contribution is 6.38. The number of para-hydroxylation sites is 2. The van der Waals surface area contributed by atoms with E-state index in [1.54, 1.807) is 48.5 Å². The average Bonchev–Trinajstić information content (AvgIpc) is 2.68. The van der Waals surface area contributed by atoms with Gasteiger partial charge in [-0.05, 0) is 24.3 Å². The number of ether oxygens (including phenoxy) is 1. The fourth-order valence-electron chi connectivity index (χ4n) is 2.40. The summed E-state index contributed by atoms with van der Waals surface area (Å²) < 4.78 is 5.02. The van der Waals surface area contributed by atoms with Gasteiger partial charge in [0.05, 0.1) is 5.69 Å². The van der Waals surface area contributed by atoms with Gasteiger partial charge in [-0.1, -0.05) is 36.4 Å². The highest BCUT2D eigenvalue weighted by Crippen LogP contribution is 2.20. The molecular weight excluding hydrogens is 334 g/mol. The molecule has 0 unspecified atom stereocenters. The summed E-state index contributed by atoms with van der Waals surface area (Å²) in [5, 5.41) is 7.90. The zero-order valence-electron chi connectivity index (χ0n) is 13.9. The molecule has 0 saturated heterocycles. The van der Waals surface area contributed by atoms with Crippen molar-refractivity contribution < 1.29 is 19.1 Å². The normalized spacial score (nSPS) is 13.8. The fourth-order valence-corrected chi connectivity index (χ4v) is 2.40. The first-order valence-corrected chi connectivity index (χ1v) is 8.11. The van der Waals surface area contributed by atoms with Crippen LogP contribution in [0.5, 0.6) is 0 Å². The largest absolute Gasteiger partial charge is 0.451 e. The summed E-state index contributed by atoms with van der Waals surface area (Å²) in [5.41, 5.74) is 1.30. The molecular formula is C19H17N3O4. The van der Waals surface area contributed by atoms with E-state index in [0.29, 0.717) is 11.4 Å². The fraction of sp³-hybridized carbons (Fsp3) is 0.158. The number of nitrogens with one attached hydrogen (secondary N) is 1.